The van der Waals surface area contributed by atoms with E-state index in [-0.39, 0.29) is 77.1 Å². The Hall–Kier alpha value is -6.20. The van der Waals surface area contributed by atoms with Crippen molar-refractivity contribution >= 4 is 79.6 Å². The van der Waals surface area contributed by atoms with Crippen molar-refractivity contribution in [2.75, 3.05) is 6.54 Å². The lowest BCUT2D eigenvalue weighted by molar-refractivity contribution is -0.123. The molecule has 2 aromatic heterocycles. The van der Waals surface area contributed by atoms with E-state index in [9.17, 15) is 64.0 Å². The zero-order chi connectivity index (χ0) is 60.3. The van der Waals surface area contributed by atoms with Crippen LogP contribution in [0.4, 0.5) is 0 Å². The average Bonchev–Trinajstić information content (AvgIpc) is 3.44. The van der Waals surface area contributed by atoms with Crippen LogP contribution in [0.5, 0.6) is 0 Å². The highest BCUT2D eigenvalue weighted by Crippen LogP contribution is 2.27. The van der Waals surface area contributed by atoms with Gasteiger partial charge in [0.1, 0.15) is 17.4 Å². The molecule has 0 fully saturated rings. The second-order valence-corrected chi connectivity index (χ2v) is 21.9. The van der Waals surface area contributed by atoms with Crippen LogP contribution in [-0.2, 0) is 20.8 Å². The van der Waals surface area contributed by atoms with Gasteiger partial charge in [-0.3, -0.25) is 33.8 Å². The Balaban J connectivity index is 0.000000322. The van der Waals surface area contributed by atoms with Gasteiger partial charge in [-0.05, 0) is 86.3 Å². The average molecular weight is 1160 g/mol. The molecule has 0 radical (unpaired) electrons. The Morgan fingerprint density at radius 3 is 1.63 bits per heavy atom. The minimum atomic E-state index is -1.65. The number of halogens is 2. The van der Waals surface area contributed by atoms with Gasteiger partial charge in [0.05, 0.1) is 41.2 Å². The van der Waals surface area contributed by atoms with Crippen molar-refractivity contribution in [2.24, 2.45) is 17.8 Å². The van der Waals surface area contributed by atoms with Crippen molar-refractivity contribution in [3.63, 3.8) is 0 Å². The van der Waals surface area contributed by atoms with E-state index in [1.165, 1.54) is 43.7 Å². The summed E-state index contributed by atoms with van der Waals surface area (Å²) in [6.07, 6.45) is 4.60. The number of benzene rings is 3. The first-order valence-corrected chi connectivity index (χ1v) is 27.5. The molecule has 6 atom stereocenters. The molecular formula is C57H75B3Cl2N6O13. The van der Waals surface area contributed by atoms with Gasteiger partial charge in [-0.15, -0.1) is 0 Å². The fourth-order valence-electron chi connectivity index (χ4n) is 8.60. The number of aliphatic hydroxyl groups is 1. The van der Waals surface area contributed by atoms with E-state index in [4.69, 9.17) is 23.2 Å². The lowest BCUT2D eigenvalue weighted by atomic mass is 9.66. The van der Waals surface area contributed by atoms with Gasteiger partial charge in [0, 0.05) is 59.7 Å². The van der Waals surface area contributed by atoms with Crippen LogP contribution in [0, 0.1) is 17.8 Å². The number of pyridine rings is 1. The second-order valence-electron chi connectivity index (χ2n) is 21.1. The monoisotopic (exact) mass is 1150 g/mol. The van der Waals surface area contributed by atoms with Gasteiger partial charge in [-0.1, -0.05) is 131 Å². The maximum atomic E-state index is 12.9. The van der Waals surface area contributed by atoms with Crippen molar-refractivity contribution in [2.45, 2.75) is 129 Å². The first-order chi connectivity index (χ1) is 38.2. The van der Waals surface area contributed by atoms with Crippen LogP contribution in [-0.4, -0.2) is 131 Å². The third-order valence-electron chi connectivity index (χ3n) is 12.6. The van der Waals surface area contributed by atoms with E-state index >= 15 is 0 Å². The van der Waals surface area contributed by atoms with E-state index in [0.717, 1.165) is 11.1 Å². The molecule has 0 aliphatic carbocycles. The number of nitrogens with zero attached hydrogens (tertiary/aromatic N) is 3. The molecule has 2 heterocycles. The van der Waals surface area contributed by atoms with Crippen molar-refractivity contribution in [3.8, 4) is 11.3 Å². The number of aliphatic hydroxyl groups excluding tert-OH is 1. The van der Waals surface area contributed by atoms with Crippen LogP contribution in [0.1, 0.15) is 124 Å². The van der Waals surface area contributed by atoms with Gasteiger partial charge in [0.25, 0.3) is 17.7 Å². The third kappa shape index (κ3) is 25.6. The second kappa shape index (κ2) is 35.6. The number of aromatic nitrogens is 3. The topological polar surface area (TPSA) is 319 Å². The number of amides is 3. The first kappa shape index (κ1) is 69.1. The molecule has 3 aromatic carbocycles. The fourth-order valence-corrected chi connectivity index (χ4v) is 8.98. The number of hydrogen-bond donors (Lipinski definition) is 10. The molecular weight excluding hydrogens is 1080 g/mol. The maximum absolute atomic E-state index is 12.9. The van der Waals surface area contributed by atoms with Crippen molar-refractivity contribution in [1.82, 2.24) is 30.9 Å². The minimum Gasteiger partial charge on any atom is -0.427 e. The Morgan fingerprint density at radius 1 is 0.580 bits per heavy atom. The fraction of sp³-hybridized carbons (Fsp3) is 0.421. The van der Waals surface area contributed by atoms with E-state index in [0.29, 0.717) is 36.4 Å². The van der Waals surface area contributed by atoms with Gasteiger partial charge in [0.2, 0.25) is 0 Å². The zero-order valence-electron chi connectivity index (χ0n) is 46.7. The molecule has 0 saturated carbocycles. The Bertz CT molecular complexity index is 2750. The number of nitrogens with one attached hydrogen (secondary N) is 3. The SMILES string of the molecule is CC(C)C[C@H](CC(=O)CNC(=O)c1cc(Cl)ccc1Cl)B(O)O.CC(C)C[C@H](CC(=O)[C@@H](NC(=O)c1cccc(-c2ccccc2)n1)[C@@H](C)O)B(O)O.CC(C)C[C@H](CC(=O)[C@H](Cc1ccccc1)NC(=O)c1cnccn1)B(O)O. The predicted octanol–water partition coefficient (Wildman–Crippen LogP) is 6.31. The van der Waals surface area contributed by atoms with Crippen molar-refractivity contribution in [3.05, 3.63) is 148 Å². The lowest BCUT2D eigenvalue weighted by Crippen LogP contribution is -2.48. The van der Waals surface area contributed by atoms with Gasteiger partial charge < -0.3 is 51.2 Å². The largest absolute Gasteiger partial charge is 0.455 e. The van der Waals surface area contributed by atoms with Crippen LogP contribution < -0.4 is 16.0 Å². The predicted molar refractivity (Wildman–Crippen MR) is 314 cm³/mol. The molecule has 0 aliphatic rings. The number of Topliss-reactive ketones (excluding diaryl/α,β-unsaturated/α-hetero) is 3. The molecule has 19 nitrogen and oxygen atoms in total. The van der Waals surface area contributed by atoms with Crippen LogP contribution >= 0.6 is 23.2 Å². The molecule has 0 aliphatic heterocycles. The summed E-state index contributed by atoms with van der Waals surface area (Å²) in [5.74, 6) is -3.78. The molecule has 0 bridgehead atoms. The highest BCUT2D eigenvalue weighted by molar-refractivity contribution is 6.44. The third-order valence-corrected chi connectivity index (χ3v) is 13.1. The zero-order valence-corrected chi connectivity index (χ0v) is 48.2. The van der Waals surface area contributed by atoms with Crippen molar-refractivity contribution < 1.29 is 64.0 Å². The maximum Gasteiger partial charge on any atom is 0.455 e. The smallest absolute Gasteiger partial charge is 0.427 e. The first-order valence-electron chi connectivity index (χ1n) is 26.8. The summed E-state index contributed by atoms with van der Waals surface area (Å²) < 4.78 is 0. The number of carbonyl (C=O) groups is 6. The highest BCUT2D eigenvalue weighted by Gasteiger charge is 2.34. The molecule has 5 rings (SSSR count). The molecule has 3 amide bonds. The van der Waals surface area contributed by atoms with E-state index in [1.54, 1.807) is 18.2 Å². The molecule has 10 N–H and O–H groups in total. The molecule has 0 spiro atoms. The molecule has 0 saturated heterocycles. The van der Waals surface area contributed by atoms with Gasteiger partial charge in [-0.25, -0.2) is 9.97 Å². The summed E-state index contributed by atoms with van der Waals surface area (Å²) in [6.45, 7) is 12.8. The van der Waals surface area contributed by atoms with Gasteiger partial charge >= 0.3 is 21.4 Å². The standard InChI is InChI=1S/C22H29BN2O5.C20H26BN3O4.C15H20BCl2NO4/c1-14(2)12-17(23(29)30)13-20(27)21(15(3)26)25-22(28)19-11-7-10-18(24-19)16-8-5-4-6-9-16;1-14(2)10-16(21(27)28)12-19(25)17(11-15-6-4-3-5-7-15)24-20(26)18-13-22-8-9-23-18;1-9(2)5-10(16(22)23)6-12(20)8-19-15(21)13-7-11(17)3-4-14(13)18/h4-11,14-15,17,21,26,29-30H,12-13H2,1-3H3,(H,25,28);3-9,13-14,16-17,27-28H,10-12H2,1-2H3,(H,24,26);3-4,7,9-10,22-23H,5-6,8H2,1-2H3,(H,19,21)/t15-,17-,21+;16-,17+;10-/m111/s1. The van der Waals surface area contributed by atoms with Crippen LogP contribution in [0.25, 0.3) is 11.3 Å². The number of carbonyl (C=O) groups excluding carboxylic acids is 6. The summed E-state index contributed by atoms with van der Waals surface area (Å²) in [4.78, 5) is 87.0. The van der Waals surface area contributed by atoms with Crippen LogP contribution in [0.15, 0.2) is 116 Å². The summed E-state index contributed by atoms with van der Waals surface area (Å²) in [6, 6.07) is 26.2. The minimum absolute atomic E-state index is 0.0145. The number of hydrogen-bond acceptors (Lipinski definition) is 16. The number of rotatable bonds is 28. The molecule has 24 heteroatoms. The molecule has 5 aromatic rings. The molecule has 434 valence electrons. The quantitative estimate of drug-likeness (QED) is 0.0245. The van der Waals surface area contributed by atoms with Gasteiger partial charge in [0.15, 0.2) is 17.3 Å². The molecule has 0 unspecified atom stereocenters. The van der Waals surface area contributed by atoms with Crippen LogP contribution in [0.3, 0.4) is 0 Å². The van der Waals surface area contributed by atoms with E-state index in [1.807, 2.05) is 102 Å². The van der Waals surface area contributed by atoms with Crippen LogP contribution in [0.2, 0.25) is 27.5 Å². The lowest BCUT2D eigenvalue weighted by Gasteiger charge is -2.23. The summed E-state index contributed by atoms with van der Waals surface area (Å²) in [5, 5.41) is 75.5. The normalized spacial score (nSPS) is 13.2. The Kier molecular flexibility index (Phi) is 30.4. The summed E-state index contributed by atoms with van der Waals surface area (Å²) >= 11 is 11.7. The van der Waals surface area contributed by atoms with E-state index < -0.39 is 80.5 Å². The summed E-state index contributed by atoms with van der Waals surface area (Å²) in [5.41, 5.74) is 2.79. The number of ketones is 3. The highest BCUT2D eigenvalue weighted by atomic mass is 35.5. The Labute approximate surface area is 485 Å². The molecule has 81 heavy (non-hydrogen) atoms. The van der Waals surface area contributed by atoms with Gasteiger partial charge in [-0.2, -0.15) is 0 Å². The van der Waals surface area contributed by atoms with E-state index in [2.05, 4.69) is 30.9 Å². The Morgan fingerprint density at radius 2 is 1.11 bits per heavy atom. The van der Waals surface area contributed by atoms with Crippen molar-refractivity contribution in [1.29, 1.82) is 0 Å². The summed E-state index contributed by atoms with van der Waals surface area (Å²) in [7, 11) is -4.79.